The number of tetrazole rings is 1. The molecule has 1 aromatic carbocycles. The Balaban J connectivity index is 1.36. The highest BCUT2D eigenvalue weighted by Gasteiger charge is 2.32. The maximum absolute atomic E-state index is 13.2. The van der Waals surface area contributed by atoms with Crippen molar-refractivity contribution >= 4 is 10.9 Å². The number of rotatable bonds is 8. The van der Waals surface area contributed by atoms with Crippen molar-refractivity contribution in [3.05, 3.63) is 64.1 Å². The lowest BCUT2D eigenvalue weighted by Gasteiger charge is -2.39. The second-order valence-corrected chi connectivity index (χ2v) is 9.58. The van der Waals surface area contributed by atoms with E-state index in [2.05, 4.69) is 32.3 Å². The summed E-state index contributed by atoms with van der Waals surface area (Å²) in [5.74, 6) is 2.95. The molecule has 0 spiro atoms. The number of H-pyrrole nitrogens is 1. The zero-order valence-electron chi connectivity index (χ0n) is 20.4. The molecule has 1 aliphatic carbocycles. The molecule has 0 amide bonds. The molecule has 1 saturated carbocycles. The Morgan fingerprint density at radius 1 is 1.17 bits per heavy atom. The third kappa shape index (κ3) is 4.37. The molecular formula is C26H30N6O4. The van der Waals surface area contributed by atoms with Crippen molar-refractivity contribution in [3.63, 3.8) is 0 Å². The average molecular weight is 491 g/mol. The van der Waals surface area contributed by atoms with Crippen molar-refractivity contribution in [1.29, 1.82) is 0 Å². The van der Waals surface area contributed by atoms with Crippen molar-refractivity contribution < 1.29 is 13.9 Å². The van der Waals surface area contributed by atoms with Gasteiger partial charge in [-0.3, -0.25) is 9.69 Å². The van der Waals surface area contributed by atoms with Crippen molar-refractivity contribution in [1.82, 2.24) is 30.1 Å². The van der Waals surface area contributed by atoms with Crippen LogP contribution in [0.15, 0.2) is 45.8 Å². The van der Waals surface area contributed by atoms with Crippen LogP contribution in [0.3, 0.4) is 0 Å². The predicted molar refractivity (Wildman–Crippen MR) is 132 cm³/mol. The van der Waals surface area contributed by atoms with Crippen molar-refractivity contribution in [2.45, 2.75) is 70.6 Å². The first-order valence-electron chi connectivity index (χ1n) is 12.7. The maximum atomic E-state index is 13.2. The number of aromatic amines is 1. The molecule has 1 aliphatic heterocycles. The van der Waals surface area contributed by atoms with E-state index in [-0.39, 0.29) is 18.4 Å². The number of fused-ring (bicyclic) bond motifs is 2. The normalized spacial score (nSPS) is 16.7. The van der Waals surface area contributed by atoms with Gasteiger partial charge in [0.1, 0.15) is 12.3 Å². The van der Waals surface area contributed by atoms with Crippen LogP contribution in [-0.2, 0) is 13.1 Å². The molecule has 4 aromatic rings. The second kappa shape index (κ2) is 9.77. The molecule has 3 aromatic heterocycles. The summed E-state index contributed by atoms with van der Waals surface area (Å²) in [6, 6.07) is 9.84. The maximum Gasteiger partial charge on any atom is 0.252 e. The Labute approximate surface area is 208 Å². The van der Waals surface area contributed by atoms with Gasteiger partial charge >= 0.3 is 0 Å². The topological polar surface area (TPSA) is 111 Å². The van der Waals surface area contributed by atoms with E-state index in [0.29, 0.717) is 30.6 Å². The lowest BCUT2D eigenvalue weighted by molar-refractivity contribution is 0.0842. The molecule has 0 unspecified atom stereocenters. The van der Waals surface area contributed by atoms with Gasteiger partial charge in [-0.1, -0.05) is 26.2 Å². The summed E-state index contributed by atoms with van der Waals surface area (Å²) in [5.41, 5.74) is 1.37. The number of pyridine rings is 1. The molecule has 4 heterocycles. The minimum atomic E-state index is -0.0906. The zero-order chi connectivity index (χ0) is 24.5. The number of nitrogens with zero attached hydrogens (tertiary/aromatic N) is 5. The van der Waals surface area contributed by atoms with Gasteiger partial charge in [-0.15, -0.1) is 5.10 Å². The highest BCUT2D eigenvalue weighted by molar-refractivity contribution is 5.83. The smallest absolute Gasteiger partial charge is 0.252 e. The van der Waals surface area contributed by atoms with Crippen molar-refractivity contribution in [2.24, 2.45) is 0 Å². The fourth-order valence-electron chi connectivity index (χ4n) is 5.54. The standard InChI is InChI=1S/C26H30N6O4/c1-2-22(25-28-29-30-32(25)15-20-9-6-10-34-20)31(19-7-4-3-5-8-19)14-18-11-17-12-23-24(36-16-35-23)13-21(17)27-26(18)33/h6,9-13,19,22H,2-5,7-8,14-16H2,1H3,(H,27,33)/t22-/m0/s1. The Kier molecular flexibility index (Phi) is 6.18. The van der Waals surface area contributed by atoms with Crippen LogP contribution in [-0.4, -0.2) is 42.9 Å². The Morgan fingerprint density at radius 3 is 2.78 bits per heavy atom. The molecule has 0 bridgehead atoms. The Hall–Kier alpha value is -3.66. The fraction of sp³-hybridized carbons (Fsp3) is 0.462. The van der Waals surface area contributed by atoms with E-state index in [1.54, 1.807) is 6.26 Å². The highest BCUT2D eigenvalue weighted by Crippen LogP contribution is 2.36. The Morgan fingerprint density at radius 2 is 2.00 bits per heavy atom. The van der Waals surface area contributed by atoms with Gasteiger partial charge in [0.05, 0.1) is 17.8 Å². The lowest BCUT2D eigenvalue weighted by Crippen LogP contribution is -2.41. The second-order valence-electron chi connectivity index (χ2n) is 9.58. The molecule has 1 N–H and O–H groups in total. The first-order valence-corrected chi connectivity index (χ1v) is 12.7. The van der Waals surface area contributed by atoms with Crippen LogP contribution in [0, 0.1) is 0 Å². The SMILES string of the molecule is CC[C@@H](c1nnnn1Cc1ccco1)N(Cc1cc2cc3c(cc2[nH]c1=O)OCO3)C1CCCCC1. The van der Waals surface area contributed by atoms with Gasteiger partial charge in [0.25, 0.3) is 5.56 Å². The number of hydrogen-bond donors (Lipinski definition) is 1. The molecule has 10 heteroatoms. The summed E-state index contributed by atoms with van der Waals surface area (Å²) in [6.07, 6.45) is 8.30. The van der Waals surface area contributed by atoms with E-state index in [9.17, 15) is 4.79 Å². The van der Waals surface area contributed by atoms with E-state index in [0.717, 1.165) is 47.3 Å². The number of benzene rings is 1. The molecular weight excluding hydrogens is 460 g/mol. The van der Waals surface area contributed by atoms with Crippen molar-refractivity contribution in [2.75, 3.05) is 6.79 Å². The minimum absolute atomic E-state index is 0.0371. The van der Waals surface area contributed by atoms with Crippen LogP contribution in [0.4, 0.5) is 0 Å². The third-order valence-electron chi connectivity index (χ3n) is 7.34. The minimum Gasteiger partial charge on any atom is -0.467 e. The number of nitrogens with one attached hydrogen (secondary N) is 1. The Bertz CT molecular complexity index is 1390. The molecule has 1 fully saturated rings. The van der Waals surface area contributed by atoms with Crippen LogP contribution in [0.25, 0.3) is 10.9 Å². The van der Waals surface area contributed by atoms with E-state index in [4.69, 9.17) is 13.9 Å². The number of hydrogen-bond acceptors (Lipinski definition) is 8. The quantitative estimate of drug-likeness (QED) is 0.392. The molecule has 10 nitrogen and oxygen atoms in total. The van der Waals surface area contributed by atoms with Crippen LogP contribution in [0.2, 0.25) is 0 Å². The lowest BCUT2D eigenvalue weighted by atomic mass is 9.92. The monoisotopic (exact) mass is 490 g/mol. The highest BCUT2D eigenvalue weighted by atomic mass is 16.7. The first kappa shape index (κ1) is 22.8. The van der Waals surface area contributed by atoms with E-state index < -0.39 is 0 Å². The van der Waals surface area contributed by atoms with Gasteiger partial charge < -0.3 is 18.9 Å². The van der Waals surface area contributed by atoms with Gasteiger partial charge in [0.2, 0.25) is 6.79 Å². The zero-order valence-corrected chi connectivity index (χ0v) is 20.4. The molecule has 36 heavy (non-hydrogen) atoms. The summed E-state index contributed by atoms with van der Waals surface area (Å²) >= 11 is 0. The first-order chi connectivity index (χ1) is 17.7. The molecule has 188 valence electrons. The van der Waals surface area contributed by atoms with Crippen LogP contribution in [0.1, 0.15) is 68.6 Å². The molecule has 6 rings (SSSR count). The third-order valence-corrected chi connectivity index (χ3v) is 7.34. The summed E-state index contributed by atoms with van der Waals surface area (Å²) in [4.78, 5) is 18.7. The van der Waals surface area contributed by atoms with Gasteiger partial charge in [-0.05, 0) is 54.0 Å². The van der Waals surface area contributed by atoms with Gasteiger partial charge in [0.15, 0.2) is 17.3 Å². The van der Waals surface area contributed by atoms with Gasteiger partial charge in [-0.25, -0.2) is 4.68 Å². The van der Waals surface area contributed by atoms with Crippen LogP contribution in [0.5, 0.6) is 11.5 Å². The number of ether oxygens (including phenoxy) is 2. The summed E-state index contributed by atoms with van der Waals surface area (Å²) in [6.45, 7) is 3.32. The molecule has 0 saturated heterocycles. The average Bonchev–Trinajstić information content (AvgIpc) is 3.67. The van der Waals surface area contributed by atoms with E-state index in [1.165, 1.54) is 19.3 Å². The largest absolute Gasteiger partial charge is 0.467 e. The number of furan rings is 1. The van der Waals surface area contributed by atoms with E-state index >= 15 is 0 Å². The summed E-state index contributed by atoms with van der Waals surface area (Å²) in [7, 11) is 0. The fourth-order valence-corrected chi connectivity index (χ4v) is 5.54. The van der Waals surface area contributed by atoms with Crippen LogP contribution >= 0.6 is 0 Å². The molecule has 1 atom stereocenters. The molecule has 2 aliphatic rings. The van der Waals surface area contributed by atoms with E-state index in [1.807, 2.05) is 35.0 Å². The summed E-state index contributed by atoms with van der Waals surface area (Å²) < 4.78 is 18.4. The predicted octanol–water partition coefficient (Wildman–Crippen LogP) is 4.17. The molecule has 0 radical (unpaired) electrons. The van der Waals surface area contributed by atoms with Crippen LogP contribution < -0.4 is 15.0 Å². The van der Waals surface area contributed by atoms with Gasteiger partial charge in [0, 0.05) is 29.6 Å². The summed E-state index contributed by atoms with van der Waals surface area (Å²) in [5, 5.41) is 13.6. The van der Waals surface area contributed by atoms with Gasteiger partial charge in [-0.2, -0.15) is 0 Å². The number of aromatic nitrogens is 5. The van der Waals surface area contributed by atoms with Crippen molar-refractivity contribution in [3.8, 4) is 11.5 Å².